The summed E-state index contributed by atoms with van der Waals surface area (Å²) in [5.41, 5.74) is 1.40. The van der Waals surface area contributed by atoms with E-state index in [-0.39, 0.29) is 35.3 Å². The average molecular weight is 474 g/mol. The van der Waals surface area contributed by atoms with E-state index >= 15 is 0 Å². The summed E-state index contributed by atoms with van der Waals surface area (Å²) >= 11 is 0. The Morgan fingerprint density at radius 1 is 1.03 bits per heavy atom. The predicted octanol–water partition coefficient (Wildman–Crippen LogP) is 3.77. The number of hydrogen-bond donors (Lipinski definition) is 3. The van der Waals surface area contributed by atoms with Gasteiger partial charge in [0, 0.05) is 36.0 Å². The first-order chi connectivity index (χ1) is 15.8. The van der Waals surface area contributed by atoms with E-state index in [1.165, 1.54) is 24.3 Å². The van der Waals surface area contributed by atoms with Crippen LogP contribution in [0.1, 0.15) is 49.9 Å². The molecule has 1 heterocycles. The first-order valence-corrected chi connectivity index (χ1v) is 12.7. The largest absolute Gasteiger partial charge is 0.377 e. The molecule has 0 radical (unpaired) electrons. The second-order valence-corrected chi connectivity index (χ2v) is 9.82. The van der Waals surface area contributed by atoms with E-state index in [2.05, 4.69) is 15.4 Å². The zero-order valence-electron chi connectivity index (χ0n) is 19.0. The van der Waals surface area contributed by atoms with Gasteiger partial charge in [0.25, 0.3) is 5.91 Å². The average Bonchev–Trinajstić information content (AvgIpc) is 3.33. The highest BCUT2D eigenvalue weighted by molar-refractivity contribution is 7.89. The van der Waals surface area contributed by atoms with Crippen molar-refractivity contribution < 1.29 is 22.7 Å². The number of sulfonamides is 1. The fourth-order valence-corrected chi connectivity index (χ4v) is 4.72. The fourth-order valence-electron chi connectivity index (χ4n) is 3.65. The first kappa shape index (κ1) is 24.9. The van der Waals surface area contributed by atoms with E-state index < -0.39 is 10.0 Å². The van der Waals surface area contributed by atoms with Gasteiger partial charge in [-0.2, -0.15) is 0 Å². The number of benzene rings is 2. The number of nitrogens with one attached hydrogen (secondary N) is 3. The molecular formula is C24H31N3O5S. The molecule has 178 valence electrons. The molecule has 33 heavy (non-hydrogen) atoms. The molecule has 0 aliphatic carbocycles. The number of carbonyl (C=O) groups is 2. The summed E-state index contributed by atoms with van der Waals surface area (Å²) in [7, 11) is -3.66. The summed E-state index contributed by atoms with van der Waals surface area (Å²) in [6.07, 6.45) is 3.19. The van der Waals surface area contributed by atoms with Crippen LogP contribution in [0.5, 0.6) is 0 Å². The van der Waals surface area contributed by atoms with Crippen LogP contribution in [-0.2, 0) is 19.6 Å². The molecule has 0 saturated carbocycles. The summed E-state index contributed by atoms with van der Waals surface area (Å²) in [5, 5.41) is 5.61. The number of rotatable bonds is 10. The van der Waals surface area contributed by atoms with Gasteiger partial charge >= 0.3 is 0 Å². The number of carbonyl (C=O) groups excluding carboxylic acids is 2. The third-order valence-corrected chi connectivity index (χ3v) is 7.14. The van der Waals surface area contributed by atoms with Crippen LogP contribution in [-0.4, -0.2) is 39.5 Å². The Labute approximate surface area is 195 Å². The van der Waals surface area contributed by atoms with Gasteiger partial charge in [0.05, 0.1) is 11.0 Å². The van der Waals surface area contributed by atoms with Gasteiger partial charge in [-0.15, -0.1) is 0 Å². The SMILES string of the molecule is CCC(CC)C(=O)Nc1cccc(C(=O)Nc2ccc(S(=O)(=O)NC[C@H]3CCCO3)cc2)c1. The monoisotopic (exact) mass is 473 g/mol. The Bertz CT molecular complexity index is 1060. The lowest BCUT2D eigenvalue weighted by Crippen LogP contribution is -2.31. The smallest absolute Gasteiger partial charge is 0.255 e. The summed E-state index contributed by atoms with van der Waals surface area (Å²) in [5.74, 6) is -0.499. The highest BCUT2D eigenvalue weighted by atomic mass is 32.2. The maximum absolute atomic E-state index is 12.7. The second kappa shape index (κ2) is 11.4. The van der Waals surface area contributed by atoms with Crippen molar-refractivity contribution >= 4 is 33.2 Å². The van der Waals surface area contributed by atoms with Crippen LogP contribution in [0.4, 0.5) is 11.4 Å². The minimum atomic E-state index is -3.66. The van der Waals surface area contributed by atoms with Gasteiger partial charge in [-0.1, -0.05) is 19.9 Å². The van der Waals surface area contributed by atoms with Gasteiger partial charge in [-0.05, 0) is 68.1 Å². The summed E-state index contributed by atoms with van der Waals surface area (Å²) in [6.45, 7) is 4.83. The quantitative estimate of drug-likeness (QED) is 0.486. The van der Waals surface area contributed by atoms with Crippen molar-refractivity contribution in [2.24, 2.45) is 5.92 Å². The highest BCUT2D eigenvalue weighted by Gasteiger charge is 2.20. The Balaban J connectivity index is 1.60. The fraction of sp³-hybridized carbons (Fsp3) is 0.417. The van der Waals surface area contributed by atoms with Gasteiger partial charge in [0.1, 0.15) is 0 Å². The van der Waals surface area contributed by atoms with E-state index in [4.69, 9.17) is 4.74 Å². The number of amides is 2. The van der Waals surface area contributed by atoms with Crippen LogP contribution in [0, 0.1) is 5.92 Å². The van der Waals surface area contributed by atoms with Crippen molar-refractivity contribution in [2.45, 2.75) is 50.5 Å². The van der Waals surface area contributed by atoms with Crippen molar-refractivity contribution in [3.63, 3.8) is 0 Å². The number of ether oxygens (including phenoxy) is 1. The van der Waals surface area contributed by atoms with Crippen molar-refractivity contribution in [3.8, 4) is 0 Å². The maximum atomic E-state index is 12.7. The van der Waals surface area contributed by atoms with E-state index in [1.54, 1.807) is 24.3 Å². The first-order valence-electron chi connectivity index (χ1n) is 11.3. The third kappa shape index (κ3) is 6.86. The molecule has 2 aromatic rings. The molecule has 0 spiro atoms. The Hall–Kier alpha value is -2.75. The molecule has 0 bridgehead atoms. The van der Waals surface area contributed by atoms with E-state index in [1.807, 2.05) is 13.8 Å². The van der Waals surface area contributed by atoms with E-state index in [9.17, 15) is 18.0 Å². The lowest BCUT2D eigenvalue weighted by atomic mass is 10.0. The van der Waals surface area contributed by atoms with Gasteiger partial charge in [-0.3, -0.25) is 9.59 Å². The molecule has 2 aromatic carbocycles. The maximum Gasteiger partial charge on any atom is 0.255 e. The molecule has 0 aromatic heterocycles. The molecular weight excluding hydrogens is 442 g/mol. The Morgan fingerprint density at radius 3 is 2.39 bits per heavy atom. The molecule has 1 aliphatic heterocycles. The molecule has 9 heteroatoms. The van der Waals surface area contributed by atoms with Crippen LogP contribution in [0.2, 0.25) is 0 Å². The minimum absolute atomic E-state index is 0.0672. The normalized spacial score (nSPS) is 16.0. The van der Waals surface area contributed by atoms with Crippen LogP contribution in [0.25, 0.3) is 0 Å². The van der Waals surface area contributed by atoms with Gasteiger partial charge in [-0.25, -0.2) is 13.1 Å². The standard InChI is InChI=1S/C24H31N3O5S/c1-3-17(4-2)23(28)27-20-8-5-7-18(15-20)24(29)26-19-10-12-22(13-11-19)33(30,31)25-16-21-9-6-14-32-21/h5,7-8,10-13,15,17,21,25H,3-4,6,9,14,16H2,1-2H3,(H,26,29)(H,27,28)/t21-/m1/s1. The molecule has 3 rings (SSSR count). The van der Waals surface area contributed by atoms with Crippen LogP contribution in [0.15, 0.2) is 53.4 Å². The molecule has 1 aliphatic rings. The molecule has 1 fully saturated rings. The van der Waals surface area contributed by atoms with Crippen molar-refractivity contribution in [2.75, 3.05) is 23.8 Å². The molecule has 2 amide bonds. The van der Waals surface area contributed by atoms with Crippen LogP contribution >= 0.6 is 0 Å². The highest BCUT2D eigenvalue weighted by Crippen LogP contribution is 2.18. The minimum Gasteiger partial charge on any atom is -0.377 e. The molecule has 1 saturated heterocycles. The lowest BCUT2D eigenvalue weighted by molar-refractivity contribution is -0.120. The summed E-state index contributed by atoms with van der Waals surface area (Å²) in [4.78, 5) is 25.1. The number of hydrogen-bond acceptors (Lipinski definition) is 5. The molecule has 1 atom stereocenters. The van der Waals surface area contributed by atoms with Crippen molar-refractivity contribution in [1.29, 1.82) is 0 Å². The van der Waals surface area contributed by atoms with E-state index in [0.717, 1.165) is 25.7 Å². The Kier molecular flexibility index (Phi) is 8.60. The summed E-state index contributed by atoms with van der Waals surface area (Å²) < 4.78 is 33.0. The van der Waals surface area contributed by atoms with Gasteiger partial charge in [0.15, 0.2) is 0 Å². The lowest BCUT2D eigenvalue weighted by Gasteiger charge is -2.13. The summed E-state index contributed by atoms with van der Waals surface area (Å²) in [6, 6.07) is 12.7. The Morgan fingerprint density at radius 2 is 1.76 bits per heavy atom. The van der Waals surface area contributed by atoms with Crippen molar-refractivity contribution in [3.05, 3.63) is 54.1 Å². The molecule has 0 unspecified atom stereocenters. The third-order valence-electron chi connectivity index (χ3n) is 5.70. The second-order valence-electron chi connectivity index (χ2n) is 8.05. The van der Waals surface area contributed by atoms with E-state index in [0.29, 0.717) is 23.5 Å². The zero-order chi connectivity index (χ0) is 23.8. The number of anilines is 2. The van der Waals surface area contributed by atoms with Crippen LogP contribution < -0.4 is 15.4 Å². The topological polar surface area (TPSA) is 114 Å². The van der Waals surface area contributed by atoms with Gasteiger partial charge < -0.3 is 15.4 Å². The molecule has 8 nitrogen and oxygen atoms in total. The van der Waals surface area contributed by atoms with Crippen LogP contribution in [0.3, 0.4) is 0 Å². The van der Waals surface area contributed by atoms with Crippen molar-refractivity contribution in [1.82, 2.24) is 4.72 Å². The zero-order valence-corrected chi connectivity index (χ0v) is 19.8. The predicted molar refractivity (Wildman–Crippen MR) is 128 cm³/mol. The van der Waals surface area contributed by atoms with Gasteiger partial charge in [0.2, 0.25) is 15.9 Å². The molecule has 3 N–H and O–H groups in total.